The molecule has 2 aromatic heterocycles. The molecule has 4 unspecified atom stereocenters. The third-order valence-electron chi connectivity index (χ3n) is 20.6. The summed E-state index contributed by atoms with van der Waals surface area (Å²) in [7, 11) is 12.9. The molecule has 5 saturated carbocycles. The number of amides is 1. The molecule has 91 heavy (non-hydrogen) atoms. The fourth-order valence-corrected chi connectivity index (χ4v) is 15.8. The molecule has 9 aliphatic rings. The second kappa shape index (κ2) is 34.5. The SMILES string of the molecule is C.CN(C)C1CCCC1.CN(C)C1CCCC1.Cl.NC1CCCC1.[C-]#[N+]c1ccc(N2N=C3c4ccc(C(=O)N5CC[C@@H](N(C)C)C5)nc4CCC3C2C2CCCC2)cc1Cl.[C-]#[N+]c1ccc(NC(C2CCCC2)C2CCc3nc(C(=O)O)ccc3C2=N)cc1Cl. The number of nitrogens with one attached hydrogen (secondary N) is 2. The Bertz CT molecular complexity index is 3170. The molecule has 19 heteroatoms. The summed E-state index contributed by atoms with van der Waals surface area (Å²) in [4.78, 5) is 49.4. The van der Waals surface area contributed by atoms with Crippen molar-refractivity contribution >= 4 is 81.7 Å². The molecule has 16 nitrogen and oxygen atoms in total. The number of carboxylic acids is 1. The van der Waals surface area contributed by atoms with Gasteiger partial charge < -0.3 is 41.2 Å². The molecule has 0 spiro atoms. The van der Waals surface area contributed by atoms with Gasteiger partial charge in [-0.25, -0.2) is 24.5 Å². The Morgan fingerprint density at radius 1 is 0.659 bits per heavy atom. The van der Waals surface area contributed by atoms with Crippen LogP contribution in [-0.2, 0) is 12.8 Å². The molecule has 4 heterocycles. The predicted molar refractivity (Wildman–Crippen MR) is 376 cm³/mol. The van der Waals surface area contributed by atoms with Gasteiger partial charge in [-0.3, -0.25) is 9.80 Å². The summed E-state index contributed by atoms with van der Waals surface area (Å²) in [6.07, 6.45) is 30.6. The van der Waals surface area contributed by atoms with Crippen LogP contribution in [0.15, 0.2) is 65.8 Å². The summed E-state index contributed by atoms with van der Waals surface area (Å²) in [6.45, 7) is 16.1. The first kappa shape index (κ1) is 72.7. The lowest BCUT2D eigenvalue weighted by Crippen LogP contribution is -2.42. The quantitative estimate of drug-likeness (QED) is 0.105. The fourth-order valence-electron chi connectivity index (χ4n) is 15.4. The monoisotopic (exact) mass is 1300 g/mol. The van der Waals surface area contributed by atoms with Gasteiger partial charge in [-0.15, -0.1) is 12.4 Å². The molecule has 5 atom stereocenters. The summed E-state index contributed by atoms with van der Waals surface area (Å²) in [5.74, 6) is 0.373. The van der Waals surface area contributed by atoms with E-state index in [4.69, 9.17) is 57.6 Å². The Hall–Kier alpha value is -5.69. The topological polar surface area (TPSA) is 179 Å². The van der Waals surface area contributed by atoms with Gasteiger partial charge >= 0.3 is 5.97 Å². The van der Waals surface area contributed by atoms with Crippen LogP contribution >= 0.6 is 35.6 Å². The number of rotatable bonds is 11. The van der Waals surface area contributed by atoms with Crippen molar-refractivity contribution in [1.82, 2.24) is 29.6 Å². The number of hydrogen-bond acceptors (Lipinski definition) is 12. The van der Waals surface area contributed by atoms with Crippen LogP contribution in [0, 0.1) is 42.2 Å². The molecule has 494 valence electrons. The van der Waals surface area contributed by atoms with Crippen molar-refractivity contribution < 1.29 is 14.7 Å². The van der Waals surface area contributed by atoms with Gasteiger partial charge in [0.2, 0.25) is 11.4 Å². The average Bonchev–Trinajstić information content (AvgIpc) is 1.64. The second-order valence-electron chi connectivity index (χ2n) is 27.0. The Labute approximate surface area is 560 Å². The highest BCUT2D eigenvalue weighted by Crippen LogP contribution is 2.46. The van der Waals surface area contributed by atoms with E-state index in [2.05, 4.69) is 88.1 Å². The summed E-state index contributed by atoms with van der Waals surface area (Å²) < 4.78 is 0. The number of aromatic carboxylic acids is 1. The molecule has 1 amide bonds. The van der Waals surface area contributed by atoms with Crippen LogP contribution in [0.4, 0.5) is 22.7 Å². The number of halogens is 3. The Morgan fingerprint density at radius 2 is 1.18 bits per heavy atom. The van der Waals surface area contributed by atoms with Crippen molar-refractivity contribution in [3.05, 3.63) is 127 Å². The van der Waals surface area contributed by atoms with E-state index in [1.165, 1.54) is 122 Å². The zero-order chi connectivity index (χ0) is 63.3. The zero-order valence-corrected chi connectivity index (χ0v) is 56.4. The lowest BCUT2D eigenvalue weighted by molar-refractivity contribution is 0.0689. The lowest BCUT2D eigenvalue weighted by Gasteiger charge is -2.36. The number of likely N-dealkylation sites (N-methyl/N-ethyl adjacent to an activating group) is 1. The van der Waals surface area contributed by atoms with Crippen LogP contribution in [0.3, 0.4) is 0 Å². The standard InChI is InChI=1S/C29H33ClN6O.C23H23ClN4O2.2C7H15N.C5H11N.CH4.ClH/c1-31-25-11-8-19(16-23(25)30)36-28(18-6-4-5-7-18)22-10-12-24-21(27(22)33-36)9-13-26(32-24)29(37)35-15-14-20(17-35)34(2)3;1-26-19-9-6-14(12-17(19)24)27-22(13-4-2-3-5-13)16-8-10-18-15(21(16)25)7-11-20(28-18)23(29)30;2*1-8(2)7-5-3-4-6-7;6-5-3-1-2-4-5;;/h8-9,11,13,16,18,20,22,28H,4-7,10,12,14-15,17H2,2-3H3;6-7,9,11-13,16,22,25,27H,2-5,8,10H2,(H,29,30);2*7H,3-6H2,1-2H3;5H,1-4,6H2;1H4;1H/t20-,22?,28?;;;;;;/m1....../s1. The van der Waals surface area contributed by atoms with Crippen LogP contribution in [0.1, 0.15) is 199 Å². The first-order valence-electron chi connectivity index (χ1n) is 33.3. The normalized spacial score (nSPS) is 22.5. The van der Waals surface area contributed by atoms with Gasteiger partial charge in [0.25, 0.3) is 5.91 Å². The highest BCUT2D eigenvalue weighted by atomic mass is 35.5. The number of carbonyl (C=O) groups is 2. The molecule has 0 radical (unpaired) electrons. The number of likely N-dealkylation sites (tertiary alicyclic amines) is 1. The lowest BCUT2D eigenvalue weighted by atomic mass is 9.75. The second-order valence-corrected chi connectivity index (χ2v) is 27.8. The van der Waals surface area contributed by atoms with E-state index in [1.807, 2.05) is 29.2 Å². The molecule has 2 aromatic carbocycles. The first-order valence-corrected chi connectivity index (χ1v) is 34.0. The molecular weight excluding hydrogens is 1200 g/mol. The van der Waals surface area contributed by atoms with Crippen LogP contribution in [0.25, 0.3) is 9.69 Å². The number of benzene rings is 2. The van der Waals surface area contributed by atoms with Crippen molar-refractivity contribution in [2.45, 2.75) is 204 Å². The molecule has 7 aliphatic carbocycles. The van der Waals surface area contributed by atoms with Crippen molar-refractivity contribution in [1.29, 1.82) is 5.41 Å². The minimum absolute atomic E-state index is 0. The third-order valence-corrected chi connectivity index (χ3v) is 21.2. The van der Waals surface area contributed by atoms with Crippen molar-refractivity contribution in [2.24, 2.45) is 34.5 Å². The molecule has 4 aromatic rings. The van der Waals surface area contributed by atoms with Gasteiger partial charge in [0.1, 0.15) is 11.4 Å². The summed E-state index contributed by atoms with van der Waals surface area (Å²) in [6, 6.07) is 21.3. The Kier molecular flexibility index (Phi) is 27.5. The smallest absolute Gasteiger partial charge is 0.354 e. The summed E-state index contributed by atoms with van der Waals surface area (Å²) in [5.41, 5.74) is 13.9. The minimum atomic E-state index is -1.04. The molecule has 6 fully saturated rings. The Morgan fingerprint density at radius 3 is 1.70 bits per heavy atom. The number of aryl methyl sites for hydroxylation is 2. The van der Waals surface area contributed by atoms with Crippen LogP contribution in [-0.4, -0.2) is 150 Å². The number of nitrogens with zero attached hydrogens (tertiary/aromatic N) is 10. The maximum absolute atomic E-state index is 13.2. The predicted octanol–water partition coefficient (Wildman–Crippen LogP) is 15.9. The van der Waals surface area contributed by atoms with Crippen molar-refractivity contribution in [3.8, 4) is 0 Å². The summed E-state index contributed by atoms with van der Waals surface area (Å²) >= 11 is 12.7. The number of fused-ring (bicyclic) bond motifs is 4. The highest BCUT2D eigenvalue weighted by Gasteiger charge is 2.46. The van der Waals surface area contributed by atoms with E-state index in [9.17, 15) is 14.7 Å². The van der Waals surface area contributed by atoms with E-state index < -0.39 is 5.97 Å². The van der Waals surface area contributed by atoms with Gasteiger partial charge in [0.15, 0.2) is 0 Å². The van der Waals surface area contributed by atoms with E-state index in [1.54, 1.807) is 24.3 Å². The minimum Gasteiger partial charge on any atom is -0.477 e. The highest BCUT2D eigenvalue weighted by molar-refractivity contribution is 6.34. The number of aromatic nitrogens is 2. The summed E-state index contributed by atoms with van der Waals surface area (Å²) in [5, 5.41) is 30.0. The molecule has 5 N–H and O–H groups in total. The third kappa shape index (κ3) is 18.4. The Balaban J connectivity index is 0.000000192. The van der Waals surface area contributed by atoms with Crippen LogP contribution in [0.2, 0.25) is 10.0 Å². The molecular formula is C72H102Cl3N13O3. The van der Waals surface area contributed by atoms with Crippen molar-refractivity contribution in [3.63, 3.8) is 0 Å². The van der Waals surface area contributed by atoms with Crippen LogP contribution < -0.4 is 16.1 Å². The number of hydrazone groups is 1. The van der Waals surface area contributed by atoms with Gasteiger partial charge in [-0.05, 0) is 199 Å². The van der Waals surface area contributed by atoms with E-state index in [-0.39, 0.29) is 49.4 Å². The number of anilines is 2. The van der Waals surface area contributed by atoms with E-state index in [0.29, 0.717) is 74.8 Å². The van der Waals surface area contributed by atoms with Gasteiger partial charge in [0, 0.05) is 87.7 Å². The number of carbonyl (C=O) groups excluding carboxylic acids is 1. The average molecular weight is 1300 g/mol. The van der Waals surface area contributed by atoms with E-state index >= 15 is 0 Å². The number of nitrogens with two attached hydrogens (primary N) is 1. The first-order chi connectivity index (χ1) is 42.9. The van der Waals surface area contributed by atoms with Crippen LogP contribution in [0.5, 0.6) is 0 Å². The molecule has 13 rings (SSSR count). The maximum Gasteiger partial charge on any atom is 0.354 e. The number of hydrogen-bond donors (Lipinski definition) is 4. The van der Waals surface area contributed by atoms with Crippen molar-refractivity contribution in [2.75, 3.05) is 65.7 Å². The fraction of sp³-hybridized carbons (Fsp3) is 0.611. The number of pyridine rings is 2. The number of carboxylic acid groups (broad SMARTS) is 1. The van der Waals surface area contributed by atoms with E-state index in [0.717, 1.165) is 97.6 Å². The van der Waals surface area contributed by atoms with Gasteiger partial charge in [0.05, 0.1) is 42.0 Å². The van der Waals surface area contributed by atoms with Gasteiger partial charge in [-0.2, -0.15) is 5.10 Å². The largest absolute Gasteiger partial charge is 0.477 e. The molecule has 1 saturated heterocycles. The molecule has 2 aliphatic heterocycles. The maximum atomic E-state index is 13.2. The molecule has 0 bridgehead atoms. The zero-order valence-electron chi connectivity index (χ0n) is 54.1. The van der Waals surface area contributed by atoms with Gasteiger partial charge in [-0.1, -0.05) is 107 Å².